The number of amides is 2. The topological polar surface area (TPSA) is 103 Å². The van der Waals surface area contributed by atoms with Gasteiger partial charge in [0, 0.05) is 19.3 Å². The Hall–Kier alpha value is -4.53. The maximum atomic E-state index is 12.6. The lowest BCUT2D eigenvalue weighted by molar-refractivity contribution is -0.123. The maximum absolute atomic E-state index is 12.6. The van der Waals surface area contributed by atoms with Crippen LogP contribution in [0.5, 0.6) is 0 Å². The molecule has 0 saturated heterocycles. The van der Waals surface area contributed by atoms with Crippen LogP contribution in [0, 0.1) is 0 Å². The van der Waals surface area contributed by atoms with Crippen LogP contribution in [0.1, 0.15) is 26.3 Å². The Kier molecular flexibility index (Phi) is 7.33. The molecule has 3 aromatic carbocycles. The number of anilines is 1. The molecule has 4 rings (SSSR count). The van der Waals surface area contributed by atoms with Crippen molar-refractivity contribution in [1.82, 2.24) is 10.0 Å². The SMILES string of the molecule is CN(C(=O)COn1c(=O)oc2ccc(-c3cccc(CNC(=O)OC(C)(C)C)c3)cc21)c1ccccc1. The van der Waals surface area contributed by atoms with Crippen molar-refractivity contribution < 1.29 is 23.6 Å². The molecule has 9 nitrogen and oxygen atoms in total. The first kappa shape index (κ1) is 25.6. The van der Waals surface area contributed by atoms with E-state index in [0.717, 1.165) is 21.4 Å². The Morgan fingerprint density at radius 2 is 1.70 bits per heavy atom. The lowest BCUT2D eigenvalue weighted by atomic mass is 10.0. The minimum absolute atomic E-state index is 0.293. The first-order chi connectivity index (χ1) is 17.6. The van der Waals surface area contributed by atoms with E-state index >= 15 is 0 Å². The van der Waals surface area contributed by atoms with Gasteiger partial charge >= 0.3 is 11.8 Å². The Balaban J connectivity index is 1.50. The standard InChI is InChI=1S/C28H29N3O6/c1-28(2,3)37-26(33)29-17-19-9-8-10-20(15-19)21-13-14-24-23(16-21)31(27(34)36-24)35-18-25(32)30(4)22-11-6-5-7-12-22/h5-16H,17-18H2,1-4H3,(H,29,33). The second-order valence-electron chi connectivity index (χ2n) is 9.46. The third-order valence-electron chi connectivity index (χ3n) is 5.47. The zero-order valence-electron chi connectivity index (χ0n) is 21.2. The van der Waals surface area contributed by atoms with Crippen LogP contribution < -0.4 is 20.8 Å². The molecule has 2 amide bonds. The summed E-state index contributed by atoms with van der Waals surface area (Å²) in [5, 5.41) is 2.75. The Bertz CT molecular complexity index is 1470. The van der Waals surface area contributed by atoms with Crippen molar-refractivity contribution in [3.05, 3.63) is 88.9 Å². The van der Waals surface area contributed by atoms with Crippen molar-refractivity contribution in [3.8, 4) is 11.1 Å². The number of hydrogen-bond acceptors (Lipinski definition) is 6. The number of nitrogens with one attached hydrogen (secondary N) is 1. The van der Waals surface area contributed by atoms with Crippen molar-refractivity contribution in [3.63, 3.8) is 0 Å². The molecule has 0 spiro atoms. The number of hydrogen-bond donors (Lipinski definition) is 1. The number of carbonyl (C=O) groups excluding carboxylic acids is 2. The zero-order chi connectivity index (χ0) is 26.6. The molecule has 192 valence electrons. The number of carbonyl (C=O) groups is 2. The molecule has 0 aliphatic rings. The van der Waals surface area contributed by atoms with E-state index in [1.807, 2.05) is 48.5 Å². The van der Waals surface area contributed by atoms with E-state index in [-0.39, 0.29) is 12.5 Å². The third-order valence-corrected chi connectivity index (χ3v) is 5.47. The maximum Gasteiger partial charge on any atom is 0.453 e. The van der Waals surface area contributed by atoms with Crippen molar-refractivity contribution in [1.29, 1.82) is 0 Å². The van der Waals surface area contributed by atoms with E-state index in [1.165, 1.54) is 4.90 Å². The summed E-state index contributed by atoms with van der Waals surface area (Å²) in [5.74, 6) is -1.05. The fraction of sp³-hybridized carbons (Fsp3) is 0.250. The van der Waals surface area contributed by atoms with E-state index < -0.39 is 17.5 Å². The summed E-state index contributed by atoms with van der Waals surface area (Å²) in [6.07, 6.45) is -0.494. The summed E-state index contributed by atoms with van der Waals surface area (Å²) in [5.41, 5.74) is 3.41. The lowest BCUT2D eigenvalue weighted by Gasteiger charge is -2.19. The van der Waals surface area contributed by atoms with Gasteiger partial charge < -0.3 is 24.2 Å². The van der Waals surface area contributed by atoms with E-state index in [0.29, 0.717) is 23.3 Å². The zero-order valence-corrected chi connectivity index (χ0v) is 21.2. The summed E-state index contributed by atoms with van der Waals surface area (Å²) >= 11 is 0. The quantitative estimate of drug-likeness (QED) is 0.402. The molecular weight excluding hydrogens is 474 g/mol. The number of ether oxygens (including phenoxy) is 1. The number of benzene rings is 3. The second kappa shape index (κ2) is 10.6. The number of likely N-dealkylation sites (N-methyl/N-ethyl adjacent to an activating group) is 1. The summed E-state index contributed by atoms with van der Waals surface area (Å²) in [4.78, 5) is 44.1. The molecule has 1 aromatic heterocycles. The fourth-order valence-corrected chi connectivity index (χ4v) is 3.66. The van der Waals surface area contributed by atoms with Crippen LogP contribution in [0.25, 0.3) is 22.2 Å². The van der Waals surface area contributed by atoms with Gasteiger partial charge in [-0.25, -0.2) is 9.59 Å². The molecular formula is C28H29N3O6. The molecule has 0 unspecified atom stereocenters. The summed E-state index contributed by atoms with van der Waals surface area (Å²) in [7, 11) is 1.64. The number of para-hydroxylation sites is 1. The van der Waals surface area contributed by atoms with Crippen LogP contribution in [0.4, 0.5) is 10.5 Å². The molecule has 0 aliphatic heterocycles. The minimum Gasteiger partial charge on any atom is -0.444 e. The molecule has 0 bridgehead atoms. The van der Waals surface area contributed by atoms with Crippen molar-refractivity contribution in [2.45, 2.75) is 32.9 Å². The van der Waals surface area contributed by atoms with Gasteiger partial charge in [0.15, 0.2) is 12.2 Å². The van der Waals surface area contributed by atoms with Gasteiger partial charge in [0.1, 0.15) is 11.1 Å². The Morgan fingerprint density at radius 3 is 2.43 bits per heavy atom. The molecule has 0 radical (unpaired) electrons. The molecule has 0 saturated carbocycles. The molecule has 1 heterocycles. The van der Waals surface area contributed by atoms with Gasteiger partial charge in [0.2, 0.25) is 0 Å². The first-order valence-electron chi connectivity index (χ1n) is 11.8. The summed E-state index contributed by atoms with van der Waals surface area (Å²) in [6, 6.07) is 22.0. The van der Waals surface area contributed by atoms with Crippen LogP contribution in [-0.4, -0.2) is 36.0 Å². The number of nitrogens with zero attached hydrogens (tertiary/aromatic N) is 2. The predicted octanol–water partition coefficient (Wildman–Crippen LogP) is 4.38. The van der Waals surface area contributed by atoms with Gasteiger partial charge in [-0.2, -0.15) is 0 Å². The van der Waals surface area contributed by atoms with Gasteiger partial charge in [-0.1, -0.05) is 42.5 Å². The van der Waals surface area contributed by atoms with Crippen LogP contribution in [0.15, 0.2) is 82.0 Å². The largest absolute Gasteiger partial charge is 0.453 e. The molecule has 0 atom stereocenters. The normalized spacial score (nSPS) is 11.2. The highest BCUT2D eigenvalue weighted by molar-refractivity contribution is 5.93. The number of oxazole rings is 1. The highest BCUT2D eigenvalue weighted by atomic mass is 16.7. The number of alkyl carbamates (subject to hydrolysis) is 1. The van der Waals surface area contributed by atoms with Crippen LogP contribution in [0.2, 0.25) is 0 Å². The van der Waals surface area contributed by atoms with Crippen LogP contribution >= 0.6 is 0 Å². The van der Waals surface area contributed by atoms with Gasteiger partial charge in [-0.15, -0.1) is 4.73 Å². The number of rotatable bonds is 7. The summed E-state index contributed by atoms with van der Waals surface area (Å²) < 4.78 is 11.6. The molecule has 9 heteroatoms. The average Bonchev–Trinajstić information content (AvgIpc) is 3.19. The van der Waals surface area contributed by atoms with Crippen molar-refractivity contribution in [2.75, 3.05) is 18.6 Å². The van der Waals surface area contributed by atoms with Gasteiger partial charge in [-0.3, -0.25) is 4.79 Å². The van der Waals surface area contributed by atoms with Crippen molar-refractivity contribution in [2.24, 2.45) is 0 Å². The molecule has 37 heavy (non-hydrogen) atoms. The first-order valence-corrected chi connectivity index (χ1v) is 11.8. The van der Waals surface area contributed by atoms with Crippen molar-refractivity contribution >= 4 is 28.8 Å². The average molecular weight is 504 g/mol. The Labute approximate surface area is 214 Å². The summed E-state index contributed by atoms with van der Waals surface area (Å²) in [6.45, 7) is 5.36. The molecule has 1 N–H and O–H groups in total. The monoisotopic (exact) mass is 503 g/mol. The smallest absolute Gasteiger partial charge is 0.444 e. The van der Waals surface area contributed by atoms with E-state index in [4.69, 9.17) is 14.0 Å². The lowest BCUT2D eigenvalue weighted by Crippen LogP contribution is -2.35. The van der Waals surface area contributed by atoms with E-state index in [9.17, 15) is 14.4 Å². The van der Waals surface area contributed by atoms with Crippen LogP contribution in [-0.2, 0) is 16.1 Å². The predicted molar refractivity (Wildman–Crippen MR) is 140 cm³/mol. The molecule has 0 aliphatic carbocycles. The molecule has 0 fully saturated rings. The Morgan fingerprint density at radius 1 is 0.973 bits per heavy atom. The van der Waals surface area contributed by atoms with E-state index in [2.05, 4.69) is 5.32 Å². The van der Waals surface area contributed by atoms with E-state index in [1.54, 1.807) is 52.1 Å². The van der Waals surface area contributed by atoms with Gasteiger partial charge in [0.25, 0.3) is 5.91 Å². The fourth-order valence-electron chi connectivity index (χ4n) is 3.66. The number of aromatic nitrogens is 1. The molecule has 4 aromatic rings. The van der Waals surface area contributed by atoms with Crippen LogP contribution in [0.3, 0.4) is 0 Å². The highest BCUT2D eigenvalue weighted by Gasteiger charge is 2.17. The van der Waals surface area contributed by atoms with Gasteiger partial charge in [0.05, 0.1) is 0 Å². The minimum atomic E-state index is -0.724. The highest BCUT2D eigenvalue weighted by Crippen LogP contribution is 2.25. The number of fused-ring (bicyclic) bond motifs is 1. The third kappa shape index (κ3) is 6.38. The van der Waals surface area contributed by atoms with Gasteiger partial charge in [-0.05, 0) is 67.8 Å². The second-order valence-corrected chi connectivity index (χ2v) is 9.46.